The Morgan fingerprint density at radius 2 is 0.955 bits per heavy atom. The molecule has 9 heteroatoms. The van der Waals surface area contributed by atoms with Crippen molar-refractivity contribution in [2.45, 2.75) is 89.0 Å². The fourth-order valence-electron chi connectivity index (χ4n) is 8.21. The summed E-state index contributed by atoms with van der Waals surface area (Å²) in [5.74, 6) is 0.114. The highest BCUT2D eigenvalue weighted by Gasteiger charge is 2.48. The topological polar surface area (TPSA) is 83.1 Å². The molecular weight excluding hydrogens is 841 g/mol. The van der Waals surface area contributed by atoms with Gasteiger partial charge in [0.2, 0.25) is 0 Å². The van der Waals surface area contributed by atoms with Gasteiger partial charge in [-0.3, -0.25) is 0 Å². The van der Waals surface area contributed by atoms with Crippen LogP contribution in [-0.4, -0.2) is 63.2 Å². The van der Waals surface area contributed by atoms with E-state index in [0.717, 1.165) is 33.4 Å². The van der Waals surface area contributed by atoms with Crippen molar-refractivity contribution >= 4 is 0 Å². The van der Waals surface area contributed by atoms with Crippen LogP contribution in [0, 0.1) is 5.92 Å². The summed E-state index contributed by atoms with van der Waals surface area (Å²) in [4.78, 5) is 0. The van der Waals surface area contributed by atoms with E-state index in [9.17, 15) is 0 Å². The molecule has 1 saturated heterocycles. The molecule has 0 aromatic heterocycles. The first-order valence-corrected chi connectivity index (χ1v) is 23.1. The largest absolute Gasteiger partial charge is 0.490 e. The van der Waals surface area contributed by atoms with Gasteiger partial charge >= 0.3 is 0 Å². The van der Waals surface area contributed by atoms with E-state index in [4.69, 9.17) is 42.6 Å². The van der Waals surface area contributed by atoms with E-state index in [1.54, 1.807) is 13.2 Å². The molecule has 0 amide bonds. The molecule has 1 aliphatic heterocycles. The van der Waals surface area contributed by atoms with Gasteiger partial charge in [0, 0.05) is 19.4 Å². The van der Waals surface area contributed by atoms with Crippen LogP contribution in [0.1, 0.15) is 39.8 Å². The first-order chi connectivity index (χ1) is 33.1. The van der Waals surface area contributed by atoms with Crippen molar-refractivity contribution in [3.05, 3.63) is 240 Å². The Hall–Kier alpha value is -5.72. The van der Waals surface area contributed by atoms with E-state index in [-0.39, 0.29) is 19.1 Å². The summed E-state index contributed by atoms with van der Waals surface area (Å²) in [6, 6.07) is 60.4. The fourth-order valence-corrected chi connectivity index (χ4v) is 8.21. The first kappa shape index (κ1) is 49.2. The van der Waals surface area contributed by atoms with Gasteiger partial charge in [0.05, 0.1) is 64.7 Å². The Bertz CT molecular complexity index is 2260. The molecule has 350 valence electrons. The molecule has 9 nitrogen and oxygen atoms in total. The third-order valence-electron chi connectivity index (χ3n) is 11.7. The number of hydrogen-bond donors (Lipinski definition) is 0. The molecule has 0 spiro atoms. The summed E-state index contributed by atoms with van der Waals surface area (Å²) in [6.45, 7) is 11.3. The van der Waals surface area contributed by atoms with Crippen molar-refractivity contribution in [2.24, 2.45) is 5.92 Å². The molecule has 0 radical (unpaired) electrons. The minimum Gasteiger partial charge on any atom is -0.490 e. The van der Waals surface area contributed by atoms with Gasteiger partial charge in [0.25, 0.3) is 0 Å². The third kappa shape index (κ3) is 15.7. The molecule has 67 heavy (non-hydrogen) atoms. The Morgan fingerprint density at radius 3 is 1.42 bits per heavy atom. The summed E-state index contributed by atoms with van der Waals surface area (Å²) in [5.41, 5.74) is 6.16. The van der Waals surface area contributed by atoms with Crippen LogP contribution < -0.4 is 0 Å². The lowest BCUT2D eigenvalue weighted by Gasteiger charge is -2.46. The lowest BCUT2D eigenvalue weighted by Crippen LogP contribution is -2.58. The van der Waals surface area contributed by atoms with Crippen molar-refractivity contribution in [1.29, 1.82) is 0 Å². The van der Waals surface area contributed by atoms with Gasteiger partial charge in [-0.25, -0.2) is 0 Å². The van der Waals surface area contributed by atoms with Crippen LogP contribution in [0.25, 0.3) is 0 Å². The highest BCUT2D eigenvalue weighted by atomic mass is 16.7. The number of methoxy groups -OCH3 is 1. The third-order valence-corrected chi connectivity index (χ3v) is 11.7. The minimum absolute atomic E-state index is 0.165. The van der Waals surface area contributed by atoms with E-state index >= 15 is 0 Å². The van der Waals surface area contributed by atoms with Crippen LogP contribution in [0.5, 0.6) is 0 Å². The van der Waals surface area contributed by atoms with Gasteiger partial charge in [0.1, 0.15) is 24.4 Å². The molecule has 8 atom stereocenters. The molecular formula is C58H64O9. The molecule has 1 fully saturated rings. The normalized spacial score (nSPS) is 19.5. The van der Waals surface area contributed by atoms with Crippen molar-refractivity contribution < 1.29 is 42.6 Å². The molecule has 0 bridgehead atoms. The van der Waals surface area contributed by atoms with Gasteiger partial charge in [-0.1, -0.05) is 195 Å². The molecule has 1 aliphatic rings. The predicted octanol–water partition coefficient (Wildman–Crippen LogP) is 11.2. The molecule has 6 aromatic carbocycles. The number of benzene rings is 6. The van der Waals surface area contributed by atoms with Gasteiger partial charge in [-0.15, -0.1) is 6.58 Å². The van der Waals surface area contributed by atoms with Crippen LogP contribution in [-0.2, 0) is 82.3 Å². The molecule has 0 saturated carbocycles. The van der Waals surface area contributed by atoms with E-state index in [1.165, 1.54) is 0 Å². The monoisotopic (exact) mass is 904 g/mol. The summed E-state index contributed by atoms with van der Waals surface area (Å²) >= 11 is 0. The smallest absolute Gasteiger partial charge is 0.184 e. The maximum atomic E-state index is 7.05. The molecule has 6 aromatic rings. The molecule has 0 N–H and O–H groups in total. The number of hydrogen-bond acceptors (Lipinski definition) is 9. The van der Waals surface area contributed by atoms with Crippen LogP contribution in [0.3, 0.4) is 0 Å². The highest BCUT2D eigenvalue weighted by Crippen LogP contribution is 2.37. The average molecular weight is 905 g/mol. The first-order valence-electron chi connectivity index (χ1n) is 23.1. The van der Waals surface area contributed by atoms with Crippen molar-refractivity contribution in [1.82, 2.24) is 0 Å². The van der Waals surface area contributed by atoms with E-state index < -0.39 is 42.9 Å². The molecule has 1 heterocycles. The Labute approximate surface area is 396 Å². The number of rotatable bonds is 28. The van der Waals surface area contributed by atoms with Gasteiger partial charge < -0.3 is 42.6 Å². The standard InChI is InChI=1S/C58H64O9/c1-4-52(62-38-47-27-15-7-16-28-47)57(65-41-50-33-21-10-22-34-50)54(43-61-37-46-25-13-6-14-26-46)66-44(2)35-51-55(63-39-48-29-17-8-18-30-48)53(42-60-36-45-23-11-5-12-24-45)67-58(59-3)56(51)64-40-49-31-19-9-20-32-49/h4-34,51-58H,1-2,35-43H2,3H3/t51-,52+,53+,54+,55+,56+,57-,58-/m0/s1. The van der Waals surface area contributed by atoms with Crippen LogP contribution in [0.15, 0.2) is 207 Å². The van der Waals surface area contributed by atoms with E-state index in [0.29, 0.717) is 51.8 Å². The second-order valence-electron chi connectivity index (χ2n) is 16.6. The van der Waals surface area contributed by atoms with Crippen LogP contribution in [0.2, 0.25) is 0 Å². The predicted molar refractivity (Wildman–Crippen MR) is 260 cm³/mol. The van der Waals surface area contributed by atoms with Crippen molar-refractivity contribution in [3.63, 3.8) is 0 Å². The quantitative estimate of drug-likeness (QED) is 0.0353. The van der Waals surface area contributed by atoms with E-state index in [2.05, 4.69) is 25.3 Å². The minimum atomic E-state index is -0.757. The number of allylic oxidation sites excluding steroid dienone is 1. The second-order valence-corrected chi connectivity index (χ2v) is 16.6. The fraction of sp³-hybridized carbons (Fsp3) is 0.310. The van der Waals surface area contributed by atoms with Crippen LogP contribution in [0.4, 0.5) is 0 Å². The highest BCUT2D eigenvalue weighted by molar-refractivity contribution is 5.18. The lowest BCUT2D eigenvalue weighted by atomic mass is 9.85. The lowest BCUT2D eigenvalue weighted by molar-refractivity contribution is -0.305. The second kappa shape index (κ2) is 27.2. The zero-order valence-electron chi connectivity index (χ0n) is 38.5. The Balaban J connectivity index is 1.19. The zero-order chi connectivity index (χ0) is 46.3. The van der Waals surface area contributed by atoms with E-state index in [1.807, 2.05) is 170 Å². The Morgan fingerprint density at radius 1 is 0.537 bits per heavy atom. The zero-order valence-corrected chi connectivity index (χ0v) is 38.5. The van der Waals surface area contributed by atoms with Gasteiger partial charge in [0.15, 0.2) is 12.4 Å². The van der Waals surface area contributed by atoms with Gasteiger partial charge in [-0.05, 0) is 33.4 Å². The molecule has 7 rings (SSSR count). The molecule has 0 unspecified atom stereocenters. The van der Waals surface area contributed by atoms with Crippen LogP contribution >= 0.6 is 0 Å². The van der Waals surface area contributed by atoms with Crippen molar-refractivity contribution in [3.8, 4) is 0 Å². The Kier molecular flexibility index (Phi) is 20.0. The SMILES string of the molecule is C=C[C@@H](OCc1ccccc1)[C@H](OCc1ccccc1)[C@@H](COCc1ccccc1)OC(=C)C[C@H]1[C@@H](OCc2ccccc2)[C@@H](COCc2ccccc2)O[C@H](OC)[C@@H]1OCc1ccccc1. The summed E-state index contributed by atoms with van der Waals surface area (Å²) in [6.07, 6.45) is -2.25. The maximum Gasteiger partial charge on any atom is 0.184 e. The number of ether oxygens (including phenoxy) is 9. The summed E-state index contributed by atoms with van der Waals surface area (Å²) < 4.78 is 59.9. The molecule has 0 aliphatic carbocycles. The van der Waals surface area contributed by atoms with Gasteiger partial charge in [-0.2, -0.15) is 0 Å². The van der Waals surface area contributed by atoms with Crippen molar-refractivity contribution in [2.75, 3.05) is 20.3 Å². The maximum absolute atomic E-state index is 7.05. The summed E-state index contributed by atoms with van der Waals surface area (Å²) in [5, 5.41) is 0. The average Bonchev–Trinajstić information content (AvgIpc) is 3.38. The summed E-state index contributed by atoms with van der Waals surface area (Å²) in [7, 11) is 1.64.